The number of carbonyl (C=O) groups excluding carboxylic acids is 2. The van der Waals surface area contributed by atoms with Gasteiger partial charge in [0.2, 0.25) is 11.7 Å². The average molecular weight is 445 g/mol. The predicted octanol–water partition coefficient (Wildman–Crippen LogP) is 2.57. The number of rotatable bonds is 5. The number of aryl methyl sites for hydroxylation is 1. The Hall–Kier alpha value is -3.14. The molecular weight excluding hydrogens is 420 g/mol. The van der Waals surface area contributed by atoms with Gasteiger partial charge in [-0.05, 0) is 29.1 Å². The fourth-order valence-corrected chi connectivity index (χ4v) is 5.51. The number of methoxy groups -OCH3 is 1. The quantitative estimate of drug-likeness (QED) is 0.599. The predicted molar refractivity (Wildman–Crippen MR) is 115 cm³/mol. The molecule has 1 aliphatic rings. The molecule has 1 unspecified atom stereocenters. The number of carbonyl (C=O) groups is 2. The molecule has 1 fully saturated rings. The van der Waals surface area contributed by atoms with Crippen LogP contribution in [0.1, 0.15) is 23.4 Å². The maximum Gasteiger partial charge on any atom is 0.323 e. The first-order valence-corrected chi connectivity index (χ1v) is 11.9. The smallest absolute Gasteiger partial charge is 0.323 e. The van der Waals surface area contributed by atoms with E-state index in [1.807, 2.05) is 36.5 Å². The van der Waals surface area contributed by atoms with Crippen LogP contribution in [0.25, 0.3) is 10.9 Å². The Labute approximate surface area is 180 Å². The van der Waals surface area contributed by atoms with Gasteiger partial charge in [0.05, 0.1) is 22.9 Å². The number of aromatic nitrogens is 2. The first-order chi connectivity index (χ1) is 15.0. The van der Waals surface area contributed by atoms with Gasteiger partial charge in [0, 0.05) is 49.3 Å². The van der Waals surface area contributed by atoms with Crippen molar-refractivity contribution < 1.29 is 23.1 Å². The molecule has 2 amide bonds. The highest BCUT2D eigenvalue weighted by atomic mass is 32.2. The monoisotopic (exact) mass is 444 g/mol. The van der Waals surface area contributed by atoms with Crippen molar-refractivity contribution in [3.05, 3.63) is 48.4 Å². The number of amides is 2. The minimum absolute atomic E-state index is 0.00716. The summed E-state index contributed by atoms with van der Waals surface area (Å²) >= 11 is 0. The molecule has 1 atom stereocenters. The van der Waals surface area contributed by atoms with Crippen LogP contribution in [0.15, 0.2) is 51.5 Å². The zero-order valence-electron chi connectivity index (χ0n) is 17.2. The molecule has 3 aromatic rings. The van der Waals surface area contributed by atoms with E-state index >= 15 is 0 Å². The minimum atomic E-state index is -2.78. The highest BCUT2D eigenvalue weighted by molar-refractivity contribution is 7.93. The lowest BCUT2D eigenvalue weighted by Crippen LogP contribution is -2.34. The molecule has 4 rings (SSSR count). The normalized spacial score (nSPS) is 19.2. The molecule has 1 aliphatic heterocycles. The number of hydrogen-bond acceptors (Lipinski definition) is 6. The third-order valence-corrected chi connectivity index (χ3v) is 7.57. The summed E-state index contributed by atoms with van der Waals surface area (Å²) in [4.78, 5) is 26.8. The number of nitrogens with zero attached hydrogens (tertiary/aromatic N) is 4. The molecule has 2 aromatic heterocycles. The SMILES string of the molecule is COc1cc(C(=O)N=S2(=O)CCCN(C(=O)CCn3ccc4ccccc43)CC2)on1. The van der Waals surface area contributed by atoms with Gasteiger partial charge in [-0.3, -0.25) is 9.59 Å². The van der Waals surface area contributed by atoms with E-state index < -0.39 is 15.6 Å². The average Bonchev–Trinajstić information content (AvgIpc) is 3.37. The molecule has 10 heteroatoms. The van der Waals surface area contributed by atoms with Crippen molar-refractivity contribution >= 4 is 32.4 Å². The van der Waals surface area contributed by atoms with Crippen molar-refractivity contribution in [1.29, 1.82) is 0 Å². The molecule has 0 saturated carbocycles. The molecule has 9 nitrogen and oxygen atoms in total. The van der Waals surface area contributed by atoms with Gasteiger partial charge in [-0.25, -0.2) is 4.21 Å². The number of benzene rings is 1. The first-order valence-electron chi connectivity index (χ1n) is 10.1. The molecule has 31 heavy (non-hydrogen) atoms. The van der Waals surface area contributed by atoms with E-state index in [1.54, 1.807) is 4.90 Å². The van der Waals surface area contributed by atoms with E-state index in [-0.39, 0.29) is 29.1 Å². The Bertz CT molecular complexity index is 1220. The summed E-state index contributed by atoms with van der Waals surface area (Å²) in [5.74, 6) is -0.261. The van der Waals surface area contributed by atoms with Crippen molar-refractivity contribution in [1.82, 2.24) is 14.6 Å². The van der Waals surface area contributed by atoms with Crippen LogP contribution in [-0.2, 0) is 21.1 Å². The van der Waals surface area contributed by atoms with E-state index in [1.165, 1.54) is 13.2 Å². The van der Waals surface area contributed by atoms with Crippen molar-refractivity contribution in [2.45, 2.75) is 19.4 Å². The lowest BCUT2D eigenvalue weighted by atomic mass is 10.2. The Morgan fingerprint density at radius 2 is 2.06 bits per heavy atom. The lowest BCUT2D eigenvalue weighted by Gasteiger charge is -2.20. The standard InChI is InChI=1S/C21H24N4O5S/c1-29-19-15-18(30-22-19)21(27)23-31(28)13-4-9-25(12-14-31)20(26)8-11-24-10-7-16-5-2-3-6-17(16)24/h2-3,5-7,10,15H,4,8-9,11-14H2,1H3. The molecule has 1 aromatic carbocycles. The van der Waals surface area contributed by atoms with Gasteiger partial charge in [0.25, 0.3) is 5.88 Å². The Balaban J connectivity index is 1.38. The van der Waals surface area contributed by atoms with Crippen LogP contribution in [0.2, 0.25) is 0 Å². The third-order valence-electron chi connectivity index (χ3n) is 5.33. The second kappa shape index (κ2) is 8.93. The summed E-state index contributed by atoms with van der Waals surface area (Å²) < 4.78 is 28.9. The maximum atomic E-state index is 13.1. The number of hydrogen-bond donors (Lipinski definition) is 0. The van der Waals surface area contributed by atoms with E-state index in [0.29, 0.717) is 32.5 Å². The summed E-state index contributed by atoms with van der Waals surface area (Å²) in [6.07, 6.45) is 2.86. The van der Waals surface area contributed by atoms with E-state index in [9.17, 15) is 13.8 Å². The van der Waals surface area contributed by atoms with Crippen LogP contribution >= 0.6 is 0 Å². The third kappa shape index (κ3) is 4.79. The van der Waals surface area contributed by atoms with Gasteiger partial charge in [0.1, 0.15) is 0 Å². The maximum absolute atomic E-state index is 13.1. The van der Waals surface area contributed by atoms with E-state index in [0.717, 1.165) is 10.9 Å². The Kier molecular flexibility index (Phi) is 6.08. The molecule has 0 spiro atoms. The molecular formula is C21H24N4O5S. The van der Waals surface area contributed by atoms with Crippen molar-refractivity contribution in [3.8, 4) is 5.88 Å². The van der Waals surface area contributed by atoms with E-state index in [4.69, 9.17) is 9.26 Å². The zero-order valence-corrected chi connectivity index (χ0v) is 18.0. The van der Waals surface area contributed by atoms with Gasteiger partial charge >= 0.3 is 5.91 Å². The second-order valence-corrected chi connectivity index (χ2v) is 9.91. The number of fused-ring (bicyclic) bond motifs is 1. The summed E-state index contributed by atoms with van der Waals surface area (Å²) in [6, 6.07) is 11.4. The van der Waals surface area contributed by atoms with E-state index in [2.05, 4.69) is 14.1 Å². The molecule has 164 valence electrons. The topological polar surface area (TPSA) is 107 Å². The summed E-state index contributed by atoms with van der Waals surface area (Å²) in [5, 5.41) is 4.70. The largest absolute Gasteiger partial charge is 0.479 e. The van der Waals surface area contributed by atoms with Crippen LogP contribution in [0.3, 0.4) is 0 Å². The Morgan fingerprint density at radius 1 is 1.23 bits per heavy atom. The van der Waals surface area contributed by atoms with Gasteiger partial charge in [-0.15, -0.1) is 0 Å². The van der Waals surface area contributed by atoms with Crippen molar-refractivity contribution in [2.24, 2.45) is 4.36 Å². The van der Waals surface area contributed by atoms with Gasteiger partial charge in [-0.2, -0.15) is 4.36 Å². The zero-order chi connectivity index (χ0) is 21.8. The van der Waals surface area contributed by atoms with Crippen molar-refractivity contribution in [2.75, 3.05) is 31.7 Å². The molecule has 3 heterocycles. The summed E-state index contributed by atoms with van der Waals surface area (Å²) in [5.41, 5.74) is 1.09. The van der Waals surface area contributed by atoms with Crippen LogP contribution in [0.4, 0.5) is 0 Å². The van der Waals surface area contributed by atoms with Crippen LogP contribution < -0.4 is 4.74 Å². The van der Waals surface area contributed by atoms with Gasteiger partial charge < -0.3 is 18.7 Å². The molecule has 0 bridgehead atoms. The summed E-state index contributed by atoms with van der Waals surface area (Å²) in [7, 11) is -1.38. The van der Waals surface area contributed by atoms with Crippen molar-refractivity contribution in [3.63, 3.8) is 0 Å². The van der Waals surface area contributed by atoms with Crippen LogP contribution in [0, 0.1) is 0 Å². The fraction of sp³-hybridized carbons (Fsp3) is 0.381. The number of para-hydroxylation sites is 1. The minimum Gasteiger partial charge on any atom is -0.479 e. The van der Waals surface area contributed by atoms with Crippen LogP contribution in [-0.4, -0.2) is 62.4 Å². The highest BCUT2D eigenvalue weighted by Crippen LogP contribution is 2.17. The molecule has 0 radical (unpaired) electrons. The molecule has 0 aliphatic carbocycles. The first kappa shape index (κ1) is 21.1. The van der Waals surface area contributed by atoms with Gasteiger partial charge in [0.15, 0.2) is 0 Å². The Morgan fingerprint density at radius 3 is 2.87 bits per heavy atom. The van der Waals surface area contributed by atoms with Gasteiger partial charge in [-0.1, -0.05) is 18.2 Å². The fourth-order valence-electron chi connectivity index (χ4n) is 3.65. The molecule has 0 N–H and O–H groups in total. The number of ether oxygens (including phenoxy) is 1. The molecule has 1 saturated heterocycles. The highest BCUT2D eigenvalue weighted by Gasteiger charge is 2.24. The van der Waals surface area contributed by atoms with Crippen LogP contribution in [0.5, 0.6) is 5.88 Å². The second-order valence-electron chi connectivity index (χ2n) is 7.36. The summed E-state index contributed by atoms with van der Waals surface area (Å²) in [6.45, 7) is 1.39. The lowest BCUT2D eigenvalue weighted by molar-refractivity contribution is -0.131.